The van der Waals surface area contributed by atoms with Gasteiger partial charge in [-0.3, -0.25) is 4.79 Å². The van der Waals surface area contributed by atoms with Gasteiger partial charge in [-0.1, -0.05) is 11.6 Å². The summed E-state index contributed by atoms with van der Waals surface area (Å²) in [6.07, 6.45) is 1.60. The molecule has 0 fully saturated rings. The molecule has 3 nitrogen and oxygen atoms in total. The lowest BCUT2D eigenvalue weighted by Gasteiger charge is -1.99. The molecule has 0 saturated heterocycles. The van der Waals surface area contributed by atoms with Crippen molar-refractivity contribution in [3.8, 4) is 0 Å². The molecule has 2 aromatic heterocycles. The predicted octanol–water partition coefficient (Wildman–Crippen LogP) is 2.26. The second-order valence-corrected chi connectivity index (χ2v) is 4.08. The van der Waals surface area contributed by atoms with Gasteiger partial charge in [-0.25, -0.2) is 0 Å². The van der Waals surface area contributed by atoms with Crippen LogP contribution in [0.15, 0.2) is 16.4 Å². The number of halogens is 2. The van der Waals surface area contributed by atoms with Gasteiger partial charge in [0, 0.05) is 18.6 Å². The zero-order valence-electron chi connectivity index (χ0n) is 7.28. The molecule has 0 bridgehead atoms. The van der Waals surface area contributed by atoms with E-state index in [-0.39, 0.29) is 18.0 Å². The van der Waals surface area contributed by atoms with Crippen molar-refractivity contribution in [2.24, 2.45) is 7.05 Å². The summed E-state index contributed by atoms with van der Waals surface area (Å²) in [5.74, 6) is 0. The number of nitrogen functional groups attached to an aromatic ring is 1. The molecular formula is C8H8Cl2N2OS. The van der Waals surface area contributed by atoms with Gasteiger partial charge in [-0.2, -0.15) is 0 Å². The van der Waals surface area contributed by atoms with Crippen molar-refractivity contribution >= 4 is 51.1 Å². The molecule has 0 aromatic carbocycles. The average molecular weight is 251 g/mol. The molecule has 14 heavy (non-hydrogen) atoms. The molecule has 0 radical (unpaired) electrons. The minimum atomic E-state index is -0.0989. The Bertz CT molecular complexity index is 532. The monoisotopic (exact) mass is 250 g/mol. The number of aryl methyl sites for hydroxylation is 1. The van der Waals surface area contributed by atoms with Crippen LogP contribution in [0.25, 0.3) is 10.1 Å². The lowest BCUT2D eigenvalue weighted by molar-refractivity contribution is 0.874. The van der Waals surface area contributed by atoms with Crippen molar-refractivity contribution in [1.29, 1.82) is 0 Å². The predicted molar refractivity (Wildman–Crippen MR) is 63.7 cm³/mol. The summed E-state index contributed by atoms with van der Waals surface area (Å²) < 4.78 is 2.20. The highest BCUT2D eigenvalue weighted by molar-refractivity contribution is 7.18. The maximum absolute atomic E-state index is 11.6. The molecule has 76 valence electrons. The number of anilines is 1. The molecule has 0 spiro atoms. The summed E-state index contributed by atoms with van der Waals surface area (Å²) in [6.45, 7) is 0. The second-order valence-electron chi connectivity index (χ2n) is 2.79. The van der Waals surface area contributed by atoms with Gasteiger partial charge >= 0.3 is 0 Å². The minimum absolute atomic E-state index is 0. The molecule has 2 aromatic rings. The van der Waals surface area contributed by atoms with Crippen molar-refractivity contribution in [1.82, 2.24) is 4.57 Å². The Labute approximate surface area is 95.5 Å². The molecule has 6 heteroatoms. The third kappa shape index (κ3) is 1.49. The van der Waals surface area contributed by atoms with E-state index in [1.165, 1.54) is 15.9 Å². The topological polar surface area (TPSA) is 48.0 Å². The number of fused-ring (bicyclic) bond motifs is 1. The van der Waals surface area contributed by atoms with Gasteiger partial charge in [-0.15, -0.1) is 23.7 Å². The third-order valence-electron chi connectivity index (χ3n) is 1.88. The smallest absolute Gasteiger partial charge is 0.261 e. The molecule has 0 amide bonds. The fourth-order valence-corrected chi connectivity index (χ4v) is 2.46. The van der Waals surface area contributed by atoms with Crippen LogP contribution < -0.4 is 11.3 Å². The summed E-state index contributed by atoms with van der Waals surface area (Å²) in [5.41, 5.74) is 6.06. The molecule has 0 aliphatic carbocycles. The van der Waals surface area contributed by atoms with Crippen LogP contribution in [0.1, 0.15) is 0 Å². The number of thiophene rings is 1. The SMILES string of the molecule is Cl.Cn1cc(Cl)c2scc(N)c2c1=O. The van der Waals surface area contributed by atoms with Crippen molar-refractivity contribution in [3.05, 3.63) is 27.0 Å². The third-order valence-corrected chi connectivity index (χ3v) is 3.31. The van der Waals surface area contributed by atoms with E-state index in [0.717, 1.165) is 4.70 Å². The van der Waals surface area contributed by atoms with Crippen LogP contribution in [-0.4, -0.2) is 4.57 Å². The molecular weight excluding hydrogens is 243 g/mol. The molecule has 2 N–H and O–H groups in total. The summed E-state index contributed by atoms with van der Waals surface area (Å²) in [6, 6.07) is 0. The van der Waals surface area contributed by atoms with Gasteiger partial charge in [0.1, 0.15) is 0 Å². The van der Waals surface area contributed by atoms with Crippen molar-refractivity contribution in [2.75, 3.05) is 5.73 Å². The van der Waals surface area contributed by atoms with Crippen LogP contribution >= 0.6 is 35.3 Å². The first kappa shape index (κ1) is 11.4. The summed E-state index contributed by atoms with van der Waals surface area (Å²) in [7, 11) is 1.66. The van der Waals surface area contributed by atoms with Gasteiger partial charge in [0.25, 0.3) is 5.56 Å². The van der Waals surface area contributed by atoms with E-state index in [1.54, 1.807) is 18.6 Å². The van der Waals surface area contributed by atoms with Crippen LogP contribution in [0.5, 0.6) is 0 Å². The lowest BCUT2D eigenvalue weighted by Crippen LogP contribution is -2.16. The van der Waals surface area contributed by atoms with Crippen molar-refractivity contribution in [3.63, 3.8) is 0 Å². The molecule has 2 heterocycles. The highest BCUT2D eigenvalue weighted by Gasteiger charge is 2.10. The standard InChI is InChI=1S/C8H7ClN2OS.ClH/c1-11-2-4(9)7-6(8(11)12)5(10)3-13-7;/h2-3H,10H2,1H3;1H. The molecule has 0 aliphatic rings. The Morgan fingerprint density at radius 1 is 1.57 bits per heavy atom. The van der Waals surface area contributed by atoms with Crippen LogP contribution in [-0.2, 0) is 7.05 Å². The van der Waals surface area contributed by atoms with Crippen molar-refractivity contribution in [2.45, 2.75) is 0 Å². The first-order valence-electron chi connectivity index (χ1n) is 3.63. The van der Waals surface area contributed by atoms with E-state index in [1.807, 2.05) is 0 Å². The quantitative estimate of drug-likeness (QED) is 0.780. The largest absolute Gasteiger partial charge is 0.397 e. The van der Waals surface area contributed by atoms with E-state index in [4.69, 9.17) is 17.3 Å². The zero-order chi connectivity index (χ0) is 9.59. The number of rotatable bonds is 0. The average Bonchev–Trinajstić information content (AvgIpc) is 2.44. The van der Waals surface area contributed by atoms with E-state index in [2.05, 4.69) is 0 Å². The molecule has 0 saturated carbocycles. The van der Waals surface area contributed by atoms with Gasteiger partial charge < -0.3 is 10.3 Å². The Morgan fingerprint density at radius 2 is 2.21 bits per heavy atom. The van der Waals surface area contributed by atoms with Crippen LogP contribution in [0.4, 0.5) is 5.69 Å². The number of pyridine rings is 1. The Morgan fingerprint density at radius 3 is 2.86 bits per heavy atom. The van der Waals surface area contributed by atoms with Gasteiger partial charge in [0.05, 0.1) is 20.8 Å². The summed E-state index contributed by atoms with van der Waals surface area (Å²) in [5, 5.41) is 2.83. The van der Waals surface area contributed by atoms with E-state index < -0.39 is 0 Å². The maximum atomic E-state index is 11.6. The van der Waals surface area contributed by atoms with Gasteiger partial charge in [0.2, 0.25) is 0 Å². The summed E-state index contributed by atoms with van der Waals surface area (Å²) in [4.78, 5) is 11.6. The molecule has 0 unspecified atom stereocenters. The number of hydrogen-bond acceptors (Lipinski definition) is 3. The number of aromatic nitrogens is 1. The van der Waals surface area contributed by atoms with Crippen molar-refractivity contribution < 1.29 is 0 Å². The molecule has 0 aliphatic heterocycles. The first-order chi connectivity index (χ1) is 6.11. The highest BCUT2D eigenvalue weighted by Crippen LogP contribution is 2.30. The van der Waals surface area contributed by atoms with Crippen LogP contribution in [0, 0.1) is 0 Å². The fourth-order valence-electron chi connectivity index (χ4n) is 1.23. The minimum Gasteiger partial charge on any atom is -0.397 e. The Hall–Kier alpha value is -0.710. The van der Waals surface area contributed by atoms with Gasteiger partial charge in [-0.05, 0) is 0 Å². The second kappa shape index (κ2) is 3.81. The number of nitrogens with zero attached hydrogens (tertiary/aromatic N) is 1. The first-order valence-corrected chi connectivity index (χ1v) is 4.89. The number of hydrogen-bond donors (Lipinski definition) is 1. The zero-order valence-corrected chi connectivity index (χ0v) is 9.67. The highest BCUT2D eigenvalue weighted by atomic mass is 35.5. The summed E-state index contributed by atoms with van der Waals surface area (Å²) >= 11 is 7.34. The van der Waals surface area contributed by atoms with Crippen LogP contribution in [0.2, 0.25) is 5.02 Å². The maximum Gasteiger partial charge on any atom is 0.261 e. The normalized spacial score (nSPS) is 10.1. The molecule has 0 atom stereocenters. The molecule has 2 rings (SSSR count). The van der Waals surface area contributed by atoms with Crippen LogP contribution in [0.3, 0.4) is 0 Å². The lowest BCUT2D eigenvalue weighted by atomic mass is 10.3. The van der Waals surface area contributed by atoms with E-state index >= 15 is 0 Å². The van der Waals surface area contributed by atoms with E-state index in [0.29, 0.717) is 16.1 Å². The fraction of sp³-hybridized carbons (Fsp3) is 0.125. The van der Waals surface area contributed by atoms with Gasteiger partial charge in [0.15, 0.2) is 0 Å². The number of nitrogens with two attached hydrogens (primary N) is 1. The Balaban J connectivity index is 0.000000980. The Kier molecular flexibility index (Phi) is 3.09. The van der Waals surface area contributed by atoms with E-state index in [9.17, 15) is 4.79 Å².